The van der Waals surface area contributed by atoms with Crippen molar-refractivity contribution in [3.63, 3.8) is 0 Å². The van der Waals surface area contributed by atoms with Crippen LogP contribution in [-0.4, -0.2) is 49.4 Å². The van der Waals surface area contributed by atoms with E-state index < -0.39 is 5.60 Å². The summed E-state index contributed by atoms with van der Waals surface area (Å²) in [5, 5.41) is 5.45. The van der Waals surface area contributed by atoms with Gasteiger partial charge < -0.3 is 9.64 Å². The van der Waals surface area contributed by atoms with E-state index in [1.807, 2.05) is 25.5 Å². The van der Waals surface area contributed by atoms with Gasteiger partial charge in [-0.05, 0) is 51.1 Å². The SMILES string of the molecule is CC(C)(C)OC(=O)N1CCC[C@@H](Cn2ncc3cnc(Cl)nc32)C1. The van der Waals surface area contributed by atoms with Gasteiger partial charge in [0.25, 0.3) is 0 Å². The van der Waals surface area contributed by atoms with Crippen molar-refractivity contribution in [1.29, 1.82) is 0 Å². The quantitative estimate of drug-likeness (QED) is 0.777. The molecule has 1 fully saturated rings. The van der Waals surface area contributed by atoms with Crippen LogP contribution in [0.15, 0.2) is 12.4 Å². The summed E-state index contributed by atoms with van der Waals surface area (Å²) in [5.74, 6) is 0.308. The monoisotopic (exact) mass is 351 g/mol. The molecule has 1 aliphatic rings. The Morgan fingerprint density at radius 1 is 1.42 bits per heavy atom. The lowest BCUT2D eigenvalue weighted by molar-refractivity contribution is 0.0156. The Bertz CT molecular complexity index is 740. The molecule has 0 aliphatic carbocycles. The highest BCUT2D eigenvalue weighted by Crippen LogP contribution is 2.22. The molecular weight excluding hydrogens is 330 g/mol. The molecule has 0 spiro atoms. The van der Waals surface area contributed by atoms with Crippen LogP contribution in [0.4, 0.5) is 4.79 Å². The third-order valence-corrected chi connectivity index (χ3v) is 4.13. The van der Waals surface area contributed by atoms with Crippen LogP contribution < -0.4 is 0 Å². The average Bonchev–Trinajstić information content (AvgIpc) is 2.88. The molecule has 130 valence electrons. The number of nitrogens with zero attached hydrogens (tertiary/aromatic N) is 5. The van der Waals surface area contributed by atoms with Crippen LogP contribution in [0.2, 0.25) is 5.28 Å². The molecule has 1 saturated heterocycles. The van der Waals surface area contributed by atoms with Gasteiger partial charge in [0.1, 0.15) is 5.60 Å². The Hall–Kier alpha value is -1.89. The topological polar surface area (TPSA) is 73.1 Å². The summed E-state index contributed by atoms with van der Waals surface area (Å²) >= 11 is 5.88. The van der Waals surface area contributed by atoms with E-state index in [0.717, 1.165) is 30.4 Å². The largest absolute Gasteiger partial charge is 0.444 e. The highest BCUT2D eigenvalue weighted by Gasteiger charge is 2.28. The number of amides is 1. The third kappa shape index (κ3) is 3.95. The first-order valence-corrected chi connectivity index (χ1v) is 8.51. The molecule has 24 heavy (non-hydrogen) atoms. The lowest BCUT2D eigenvalue weighted by atomic mass is 9.98. The van der Waals surface area contributed by atoms with Crippen LogP contribution in [0.3, 0.4) is 0 Å². The summed E-state index contributed by atoms with van der Waals surface area (Å²) < 4.78 is 7.31. The number of halogens is 1. The molecule has 0 N–H and O–H groups in total. The van der Waals surface area contributed by atoms with E-state index in [-0.39, 0.29) is 11.4 Å². The molecule has 0 aromatic carbocycles. The van der Waals surface area contributed by atoms with Gasteiger partial charge in [-0.2, -0.15) is 10.1 Å². The number of aromatic nitrogens is 4. The number of piperidine rings is 1. The maximum atomic E-state index is 12.3. The molecule has 1 aliphatic heterocycles. The highest BCUT2D eigenvalue weighted by molar-refractivity contribution is 6.28. The van der Waals surface area contributed by atoms with Gasteiger partial charge in [-0.15, -0.1) is 0 Å². The second-order valence-electron chi connectivity index (χ2n) is 7.18. The number of fused-ring (bicyclic) bond motifs is 1. The number of likely N-dealkylation sites (tertiary alicyclic amines) is 1. The Labute approximate surface area is 146 Å². The Balaban J connectivity index is 1.68. The fourth-order valence-electron chi connectivity index (χ4n) is 2.93. The average molecular weight is 352 g/mol. The lowest BCUT2D eigenvalue weighted by Crippen LogP contribution is -2.43. The molecule has 3 heterocycles. The Morgan fingerprint density at radius 3 is 2.96 bits per heavy atom. The molecule has 8 heteroatoms. The van der Waals surface area contributed by atoms with Crippen molar-refractivity contribution in [2.24, 2.45) is 5.92 Å². The van der Waals surface area contributed by atoms with Crippen molar-refractivity contribution in [3.8, 4) is 0 Å². The Morgan fingerprint density at radius 2 is 2.21 bits per heavy atom. The minimum atomic E-state index is -0.476. The zero-order valence-electron chi connectivity index (χ0n) is 14.2. The molecular formula is C16H22ClN5O2. The van der Waals surface area contributed by atoms with Crippen molar-refractivity contribution in [3.05, 3.63) is 17.7 Å². The molecule has 0 radical (unpaired) electrons. The van der Waals surface area contributed by atoms with Crippen molar-refractivity contribution in [2.75, 3.05) is 13.1 Å². The predicted molar refractivity (Wildman–Crippen MR) is 90.9 cm³/mol. The van der Waals surface area contributed by atoms with Crippen molar-refractivity contribution in [2.45, 2.75) is 45.8 Å². The maximum Gasteiger partial charge on any atom is 0.410 e. The third-order valence-electron chi connectivity index (χ3n) is 3.95. The number of hydrogen-bond donors (Lipinski definition) is 0. The van der Waals surface area contributed by atoms with E-state index in [4.69, 9.17) is 16.3 Å². The van der Waals surface area contributed by atoms with E-state index in [0.29, 0.717) is 19.0 Å². The smallest absolute Gasteiger partial charge is 0.410 e. The zero-order chi connectivity index (χ0) is 17.3. The zero-order valence-corrected chi connectivity index (χ0v) is 15.0. The molecule has 1 amide bonds. The van der Waals surface area contributed by atoms with Crippen LogP contribution in [0.5, 0.6) is 0 Å². The van der Waals surface area contributed by atoms with E-state index in [9.17, 15) is 4.79 Å². The maximum absolute atomic E-state index is 12.3. The van der Waals surface area contributed by atoms with Crippen LogP contribution in [0.1, 0.15) is 33.6 Å². The van der Waals surface area contributed by atoms with Gasteiger partial charge in [-0.3, -0.25) is 0 Å². The first-order valence-electron chi connectivity index (χ1n) is 8.14. The van der Waals surface area contributed by atoms with Crippen molar-refractivity contribution >= 4 is 28.7 Å². The number of hydrogen-bond acceptors (Lipinski definition) is 5. The van der Waals surface area contributed by atoms with Crippen LogP contribution >= 0.6 is 11.6 Å². The highest BCUT2D eigenvalue weighted by atomic mass is 35.5. The van der Waals surface area contributed by atoms with E-state index >= 15 is 0 Å². The fraction of sp³-hybridized carbons (Fsp3) is 0.625. The van der Waals surface area contributed by atoms with Gasteiger partial charge in [-0.25, -0.2) is 14.5 Å². The summed E-state index contributed by atoms with van der Waals surface area (Å²) in [5.41, 5.74) is 0.250. The Kier molecular flexibility index (Phi) is 4.62. The van der Waals surface area contributed by atoms with Gasteiger partial charge >= 0.3 is 6.09 Å². The fourth-order valence-corrected chi connectivity index (χ4v) is 3.06. The molecule has 2 aromatic heterocycles. The molecule has 0 saturated carbocycles. The van der Waals surface area contributed by atoms with Crippen LogP contribution in [0, 0.1) is 5.92 Å². The molecule has 0 bridgehead atoms. The molecule has 1 atom stereocenters. The summed E-state index contributed by atoms with van der Waals surface area (Å²) in [7, 11) is 0. The number of ether oxygens (including phenoxy) is 1. The molecule has 0 unspecified atom stereocenters. The standard InChI is InChI=1S/C16H22ClN5O2/c1-16(2,3)24-15(23)21-6-4-5-11(9-21)10-22-13-12(8-19-22)7-18-14(17)20-13/h7-8,11H,4-6,9-10H2,1-3H3/t11-/m1/s1. The van der Waals surface area contributed by atoms with E-state index in [1.54, 1.807) is 17.3 Å². The predicted octanol–water partition coefficient (Wildman–Crippen LogP) is 3.13. The summed E-state index contributed by atoms with van der Waals surface area (Å²) in [6.45, 7) is 7.73. The first kappa shape index (κ1) is 17.0. The number of rotatable bonds is 2. The second-order valence-corrected chi connectivity index (χ2v) is 7.52. The lowest BCUT2D eigenvalue weighted by Gasteiger charge is -2.34. The van der Waals surface area contributed by atoms with E-state index in [1.165, 1.54) is 0 Å². The minimum absolute atomic E-state index is 0.211. The van der Waals surface area contributed by atoms with Crippen molar-refractivity contribution < 1.29 is 9.53 Å². The number of carbonyl (C=O) groups is 1. The molecule has 3 rings (SSSR count). The van der Waals surface area contributed by atoms with E-state index in [2.05, 4.69) is 15.1 Å². The van der Waals surface area contributed by atoms with Gasteiger partial charge in [0, 0.05) is 25.8 Å². The first-order chi connectivity index (χ1) is 11.3. The van der Waals surface area contributed by atoms with Crippen LogP contribution in [0.25, 0.3) is 11.0 Å². The van der Waals surface area contributed by atoms with Gasteiger partial charge in [0.05, 0.1) is 11.6 Å². The van der Waals surface area contributed by atoms with Crippen molar-refractivity contribution in [1.82, 2.24) is 24.6 Å². The normalized spacial score (nSPS) is 18.8. The summed E-state index contributed by atoms with van der Waals surface area (Å²) in [6, 6.07) is 0. The second kappa shape index (κ2) is 6.55. The van der Waals surface area contributed by atoms with Gasteiger partial charge in [-0.1, -0.05) is 0 Å². The molecule has 7 nitrogen and oxygen atoms in total. The summed E-state index contributed by atoms with van der Waals surface area (Å²) in [4.78, 5) is 22.3. The molecule has 2 aromatic rings. The van der Waals surface area contributed by atoms with Crippen LogP contribution in [-0.2, 0) is 11.3 Å². The van der Waals surface area contributed by atoms with Gasteiger partial charge in [0.2, 0.25) is 5.28 Å². The van der Waals surface area contributed by atoms with Gasteiger partial charge in [0.15, 0.2) is 5.65 Å². The minimum Gasteiger partial charge on any atom is -0.444 e. The number of carbonyl (C=O) groups excluding carboxylic acids is 1. The summed E-state index contributed by atoms with van der Waals surface area (Å²) in [6.07, 6.45) is 5.16.